The van der Waals surface area contributed by atoms with Gasteiger partial charge in [0, 0.05) is 46.8 Å². The quantitative estimate of drug-likeness (QED) is 0.633. The van der Waals surface area contributed by atoms with Crippen LogP contribution in [0.15, 0.2) is 12.2 Å². The Morgan fingerprint density at radius 2 is 1.80 bits per heavy atom. The van der Waals surface area contributed by atoms with Crippen LogP contribution in [0, 0.1) is 0 Å². The summed E-state index contributed by atoms with van der Waals surface area (Å²) in [4.78, 5) is 17.5. The van der Waals surface area contributed by atoms with Gasteiger partial charge in [-0.05, 0) is 6.92 Å². The summed E-state index contributed by atoms with van der Waals surface area (Å²) >= 11 is 0. The van der Waals surface area contributed by atoms with Gasteiger partial charge in [-0.25, -0.2) is 4.79 Å². The molecule has 0 atom stereocenters. The van der Waals surface area contributed by atoms with E-state index in [2.05, 4.69) is 11.5 Å². The Balaban J connectivity index is 2.35. The van der Waals surface area contributed by atoms with Crippen molar-refractivity contribution in [3.63, 3.8) is 0 Å². The third-order valence-electron chi connectivity index (χ3n) is 2.52. The Bertz CT molecular complexity index is 242. The summed E-state index contributed by atoms with van der Waals surface area (Å²) in [5.74, 6) is 0. The second-order valence-electron chi connectivity index (χ2n) is 4.40. The van der Waals surface area contributed by atoms with Crippen molar-refractivity contribution in [2.75, 3.05) is 46.8 Å². The molecule has 0 aromatic heterocycles. The minimum Gasteiger partial charge on any atom is -0.331 e. The van der Waals surface area contributed by atoms with Crippen molar-refractivity contribution in [2.24, 2.45) is 0 Å². The fourth-order valence-corrected chi connectivity index (χ4v) is 1.76. The molecule has 0 bridgehead atoms. The minimum absolute atomic E-state index is 0.116. The topological polar surface area (TPSA) is 26.8 Å². The van der Waals surface area contributed by atoms with E-state index in [1.54, 1.807) is 19.0 Å². The summed E-state index contributed by atoms with van der Waals surface area (Å²) in [7, 11) is 3.59. The van der Waals surface area contributed by atoms with Crippen LogP contribution in [0.2, 0.25) is 0 Å². The molecule has 0 unspecified atom stereocenters. The molecular formula is C11H21N3O. The smallest absolute Gasteiger partial charge is 0.319 e. The number of hydrogen-bond donors (Lipinski definition) is 0. The molecule has 0 aromatic rings. The van der Waals surface area contributed by atoms with Gasteiger partial charge in [-0.2, -0.15) is 0 Å². The Kier molecular flexibility index (Phi) is 4.15. The molecule has 1 aliphatic rings. The molecule has 1 saturated heterocycles. The van der Waals surface area contributed by atoms with Crippen molar-refractivity contribution < 1.29 is 4.79 Å². The van der Waals surface area contributed by atoms with Crippen molar-refractivity contribution in [3.8, 4) is 0 Å². The van der Waals surface area contributed by atoms with Crippen LogP contribution in [0.4, 0.5) is 4.79 Å². The minimum atomic E-state index is 0.116. The van der Waals surface area contributed by atoms with Crippen molar-refractivity contribution >= 4 is 6.03 Å². The molecule has 86 valence electrons. The lowest BCUT2D eigenvalue weighted by Gasteiger charge is -2.35. The fourth-order valence-electron chi connectivity index (χ4n) is 1.76. The maximum Gasteiger partial charge on any atom is 0.319 e. The second kappa shape index (κ2) is 5.16. The van der Waals surface area contributed by atoms with Crippen LogP contribution < -0.4 is 0 Å². The van der Waals surface area contributed by atoms with Crippen LogP contribution in [0.3, 0.4) is 0 Å². The standard InChI is InChI=1S/C11H21N3O/c1-10(2)9-13-5-7-14(8-6-13)11(15)12(3)4/h1,5-9H2,2-4H3. The van der Waals surface area contributed by atoms with Gasteiger partial charge in [0.1, 0.15) is 0 Å². The lowest BCUT2D eigenvalue weighted by Crippen LogP contribution is -2.51. The lowest BCUT2D eigenvalue weighted by molar-refractivity contribution is 0.128. The lowest BCUT2D eigenvalue weighted by atomic mass is 10.2. The molecule has 1 heterocycles. The van der Waals surface area contributed by atoms with Gasteiger partial charge in [-0.1, -0.05) is 12.2 Å². The number of piperazine rings is 1. The van der Waals surface area contributed by atoms with E-state index in [1.165, 1.54) is 5.57 Å². The van der Waals surface area contributed by atoms with E-state index < -0.39 is 0 Å². The van der Waals surface area contributed by atoms with Crippen LogP contribution in [0.5, 0.6) is 0 Å². The molecule has 0 radical (unpaired) electrons. The molecule has 4 heteroatoms. The average Bonchev–Trinajstić information content (AvgIpc) is 2.17. The predicted molar refractivity (Wildman–Crippen MR) is 61.9 cm³/mol. The van der Waals surface area contributed by atoms with Crippen molar-refractivity contribution in [3.05, 3.63) is 12.2 Å². The van der Waals surface area contributed by atoms with Crippen LogP contribution in [-0.4, -0.2) is 67.5 Å². The summed E-state index contributed by atoms with van der Waals surface area (Å²) in [5.41, 5.74) is 1.18. The highest BCUT2D eigenvalue weighted by molar-refractivity contribution is 5.73. The zero-order valence-corrected chi connectivity index (χ0v) is 9.99. The summed E-state index contributed by atoms with van der Waals surface area (Å²) in [5, 5.41) is 0. The SMILES string of the molecule is C=C(C)CN1CCN(C(=O)N(C)C)CC1. The molecule has 15 heavy (non-hydrogen) atoms. The molecule has 0 saturated carbocycles. The van der Waals surface area contributed by atoms with E-state index in [1.807, 2.05) is 11.8 Å². The highest BCUT2D eigenvalue weighted by Crippen LogP contribution is 2.05. The van der Waals surface area contributed by atoms with Gasteiger partial charge in [-0.3, -0.25) is 4.90 Å². The molecule has 0 aliphatic carbocycles. The number of carbonyl (C=O) groups excluding carboxylic acids is 1. The number of urea groups is 1. The Labute approximate surface area is 92.1 Å². The van der Waals surface area contributed by atoms with E-state index in [0.717, 1.165) is 32.7 Å². The largest absolute Gasteiger partial charge is 0.331 e. The molecule has 1 aliphatic heterocycles. The van der Waals surface area contributed by atoms with Crippen molar-refractivity contribution in [1.82, 2.24) is 14.7 Å². The van der Waals surface area contributed by atoms with E-state index >= 15 is 0 Å². The Hall–Kier alpha value is -1.03. The fraction of sp³-hybridized carbons (Fsp3) is 0.727. The molecule has 0 N–H and O–H groups in total. The molecular weight excluding hydrogens is 190 g/mol. The maximum atomic E-state index is 11.6. The molecule has 0 spiro atoms. The predicted octanol–water partition coefficient (Wildman–Crippen LogP) is 0.862. The number of amides is 2. The highest BCUT2D eigenvalue weighted by atomic mass is 16.2. The van der Waals surface area contributed by atoms with E-state index in [-0.39, 0.29) is 6.03 Å². The van der Waals surface area contributed by atoms with Gasteiger partial charge in [0.25, 0.3) is 0 Å². The summed E-state index contributed by atoms with van der Waals surface area (Å²) < 4.78 is 0. The normalized spacial score (nSPS) is 17.7. The summed E-state index contributed by atoms with van der Waals surface area (Å²) in [6.45, 7) is 10.4. The summed E-state index contributed by atoms with van der Waals surface area (Å²) in [6.07, 6.45) is 0. The third-order valence-corrected chi connectivity index (χ3v) is 2.52. The Morgan fingerprint density at radius 3 is 2.20 bits per heavy atom. The van der Waals surface area contributed by atoms with Gasteiger partial charge >= 0.3 is 6.03 Å². The second-order valence-corrected chi connectivity index (χ2v) is 4.40. The van der Waals surface area contributed by atoms with Gasteiger partial charge in [-0.15, -0.1) is 0 Å². The number of nitrogens with zero attached hydrogens (tertiary/aromatic N) is 3. The number of carbonyl (C=O) groups is 1. The van der Waals surface area contributed by atoms with Crippen molar-refractivity contribution in [1.29, 1.82) is 0 Å². The first-order valence-electron chi connectivity index (χ1n) is 5.33. The van der Waals surface area contributed by atoms with Crippen LogP contribution in [-0.2, 0) is 0 Å². The van der Waals surface area contributed by atoms with Crippen LogP contribution in [0.25, 0.3) is 0 Å². The number of rotatable bonds is 2. The number of hydrogen-bond acceptors (Lipinski definition) is 2. The van der Waals surface area contributed by atoms with Crippen LogP contribution in [0.1, 0.15) is 6.92 Å². The highest BCUT2D eigenvalue weighted by Gasteiger charge is 2.21. The maximum absolute atomic E-state index is 11.6. The van der Waals surface area contributed by atoms with E-state index in [4.69, 9.17) is 0 Å². The van der Waals surface area contributed by atoms with Crippen molar-refractivity contribution in [2.45, 2.75) is 6.92 Å². The van der Waals surface area contributed by atoms with Gasteiger partial charge in [0.2, 0.25) is 0 Å². The van der Waals surface area contributed by atoms with Gasteiger partial charge in [0.15, 0.2) is 0 Å². The monoisotopic (exact) mass is 211 g/mol. The van der Waals surface area contributed by atoms with Gasteiger partial charge in [0.05, 0.1) is 0 Å². The van der Waals surface area contributed by atoms with Crippen LogP contribution >= 0.6 is 0 Å². The zero-order valence-electron chi connectivity index (χ0n) is 9.99. The van der Waals surface area contributed by atoms with E-state index in [9.17, 15) is 4.79 Å². The molecule has 2 amide bonds. The first-order valence-corrected chi connectivity index (χ1v) is 5.33. The third kappa shape index (κ3) is 3.55. The average molecular weight is 211 g/mol. The first kappa shape index (κ1) is 12.0. The molecule has 1 fully saturated rings. The molecule has 0 aromatic carbocycles. The molecule has 4 nitrogen and oxygen atoms in total. The summed E-state index contributed by atoms with van der Waals surface area (Å²) in [6, 6.07) is 0.116. The Morgan fingerprint density at radius 1 is 1.27 bits per heavy atom. The molecule has 1 rings (SSSR count). The first-order chi connectivity index (χ1) is 7.00. The zero-order chi connectivity index (χ0) is 11.4. The van der Waals surface area contributed by atoms with Gasteiger partial charge < -0.3 is 9.80 Å². The van der Waals surface area contributed by atoms with E-state index in [0.29, 0.717) is 0 Å².